The summed E-state index contributed by atoms with van der Waals surface area (Å²) in [4.78, 5) is 14.4. The first kappa shape index (κ1) is 17.5. The largest absolute Gasteiger partial charge is 0.372 e. The van der Waals surface area contributed by atoms with Gasteiger partial charge < -0.3 is 10.2 Å². The van der Waals surface area contributed by atoms with Gasteiger partial charge in [-0.1, -0.05) is 42.5 Å². The summed E-state index contributed by atoms with van der Waals surface area (Å²) in [5, 5.41) is 3.03. The van der Waals surface area contributed by atoms with Crippen molar-refractivity contribution in [3.8, 4) is 0 Å². The molecule has 1 aliphatic rings. The van der Waals surface area contributed by atoms with Gasteiger partial charge in [-0.15, -0.1) is 0 Å². The quantitative estimate of drug-likeness (QED) is 0.830. The number of aryl methyl sites for hydroxylation is 1. The Bertz CT molecular complexity index is 645. The van der Waals surface area contributed by atoms with E-state index in [1.54, 1.807) is 0 Å². The molecule has 0 unspecified atom stereocenters. The number of carbonyl (C=O) groups excluding carboxylic acids is 1. The van der Waals surface area contributed by atoms with Crippen LogP contribution in [0.25, 0.3) is 0 Å². The number of hydrogen-bond donors (Lipinski definition) is 1. The Morgan fingerprint density at radius 1 is 0.840 bits per heavy atom. The van der Waals surface area contributed by atoms with E-state index in [0.717, 1.165) is 12.8 Å². The summed E-state index contributed by atoms with van der Waals surface area (Å²) in [5.41, 5.74) is 3.82. The minimum Gasteiger partial charge on any atom is -0.372 e. The Kier molecular flexibility index (Phi) is 6.49. The van der Waals surface area contributed by atoms with Gasteiger partial charge in [0.2, 0.25) is 5.91 Å². The van der Waals surface area contributed by atoms with Crippen molar-refractivity contribution in [3.63, 3.8) is 0 Å². The van der Waals surface area contributed by atoms with Gasteiger partial charge in [0.15, 0.2) is 0 Å². The van der Waals surface area contributed by atoms with Gasteiger partial charge in [-0.25, -0.2) is 0 Å². The van der Waals surface area contributed by atoms with Crippen LogP contribution in [0.4, 0.5) is 5.69 Å². The van der Waals surface area contributed by atoms with Crippen molar-refractivity contribution in [2.45, 2.75) is 38.5 Å². The van der Waals surface area contributed by atoms with Crippen molar-refractivity contribution in [1.29, 1.82) is 0 Å². The summed E-state index contributed by atoms with van der Waals surface area (Å²) in [6.07, 6.45) is 6.21. The van der Waals surface area contributed by atoms with Crippen molar-refractivity contribution in [1.82, 2.24) is 5.32 Å². The fraction of sp³-hybridized carbons (Fsp3) is 0.409. The first-order valence-electron chi connectivity index (χ1n) is 9.46. The zero-order valence-electron chi connectivity index (χ0n) is 14.9. The summed E-state index contributed by atoms with van der Waals surface area (Å²) in [7, 11) is 0. The molecular weight excluding hydrogens is 308 g/mol. The van der Waals surface area contributed by atoms with Crippen LogP contribution >= 0.6 is 0 Å². The maximum Gasteiger partial charge on any atom is 0.220 e. The lowest BCUT2D eigenvalue weighted by Crippen LogP contribution is -2.29. The van der Waals surface area contributed by atoms with E-state index >= 15 is 0 Å². The number of piperidine rings is 1. The molecule has 0 aliphatic carbocycles. The molecule has 3 nitrogen and oxygen atoms in total. The predicted octanol–water partition coefficient (Wildman–Crippen LogP) is 3.97. The van der Waals surface area contributed by atoms with E-state index in [-0.39, 0.29) is 5.91 Å². The monoisotopic (exact) mass is 336 g/mol. The zero-order valence-corrected chi connectivity index (χ0v) is 14.9. The highest BCUT2D eigenvalue weighted by Crippen LogP contribution is 2.20. The molecule has 132 valence electrons. The van der Waals surface area contributed by atoms with Crippen LogP contribution in [0.5, 0.6) is 0 Å². The van der Waals surface area contributed by atoms with E-state index < -0.39 is 0 Å². The van der Waals surface area contributed by atoms with E-state index in [4.69, 9.17) is 0 Å². The van der Waals surface area contributed by atoms with Gasteiger partial charge in [-0.2, -0.15) is 0 Å². The number of amides is 1. The Hall–Kier alpha value is -2.29. The molecule has 0 radical (unpaired) electrons. The summed E-state index contributed by atoms with van der Waals surface area (Å²) < 4.78 is 0. The van der Waals surface area contributed by atoms with Gasteiger partial charge in [0, 0.05) is 31.7 Å². The fourth-order valence-electron chi connectivity index (χ4n) is 3.36. The number of benzene rings is 2. The molecule has 0 atom stereocenters. The topological polar surface area (TPSA) is 32.3 Å². The summed E-state index contributed by atoms with van der Waals surface area (Å²) in [5.74, 6) is 0.133. The van der Waals surface area contributed by atoms with Gasteiger partial charge in [0.05, 0.1) is 0 Å². The number of hydrogen-bond acceptors (Lipinski definition) is 2. The minimum atomic E-state index is 0.133. The van der Waals surface area contributed by atoms with E-state index in [2.05, 4.69) is 46.6 Å². The second-order valence-electron chi connectivity index (χ2n) is 6.80. The van der Waals surface area contributed by atoms with Crippen molar-refractivity contribution in [3.05, 3.63) is 65.7 Å². The normalized spacial score (nSPS) is 14.3. The molecule has 3 heteroatoms. The number of rotatable bonds is 7. The van der Waals surface area contributed by atoms with Gasteiger partial charge in [0.1, 0.15) is 0 Å². The molecule has 0 saturated carbocycles. The molecule has 1 aliphatic heterocycles. The van der Waals surface area contributed by atoms with Crippen molar-refractivity contribution in [2.24, 2.45) is 0 Å². The van der Waals surface area contributed by atoms with Crippen LogP contribution in [-0.2, 0) is 17.6 Å². The summed E-state index contributed by atoms with van der Waals surface area (Å²) in [6.45, 7) is 3.06. The Balaban J connectivity index is 1.37. The third kappa shape index (κ3) is 5.63. The Morgan fingerprint density at radius 3 is 2.24 bits per heavy atom. The van der Waals surface area contributed by atoms with Crippen LogP contribution in [0.3, 0.4) is 0 Å². The molecule has 1 saturated heterocycles. The molecule has 0 bridgehead atoms. The highest BCUT2D eigenvalue weighted by molar-refractivity contribution is 5.76. The standard InChI is InChI=1S/C22H28N2O/c25-22(14-11-19-7-3-1-4-8-19)23-16-15-20-9-12-21(13-10-20)24-17-5-2-6-18-24/h1,3-4,7-10,12-13H,2,5-6,11,14-18H2,(H,23,25). The summed E-state index contributed by atoms with van der Waals surface area (Å²) >= 11 is 0. The van der Waals surface area contributed by atoms with Crippen molar-refractivity contribution in [2.75, 3.05) is 24.5 Å². The number of carbonyl (C=O) groups is 1. The minimum absolute atomic E-state index is 0.133. The van der Waals surface area contributed by atoms with Crippen LogP contribution in [0.2, 0.25) is 0 Å². The van der Waals surface area contributed by atoms with E-state index in [0.29, 0.717) is 13.0 Å². The zero-order chi connectivity index (χ0) is 17.3. The molecular formula is C22H28N2O. The fourth-order valence-corrected chi connectivity index (χ4v) is 3.36. The maximum absolute atomic E-state index is 11.9. The molecule has 1 N–H and O–H groups in total. The first-order valence-corrected chi connectivity index (χ1v) is 9.46. The van der Waals surface area contributed by atoms with Gasteiger partial charge in [0.25, 0.3) is 0 Å². The second-order valence-corrected chi connectivity index (χ2v) is 6.80. The molecule has 2 aromatic carbocycles. The van der Waals surface area contributed by atoms with Crippen LogP contribution in [-0.4, -0.2) is 25.5 Å². The lowest BCUT2D eigenvalue weighted by molar-refractivity contribution is -0.121. The Morgan fingerprint density at radius 2 is 1.52 bits per heavy atom. The molecule has 25 heavy (non-hydrogen) atoms. The van der Waals surface area contributed by atoms with Crippen LogP contribution in [0.1, 0.15) is 36.8 Å². The van der Waals surface area contributed by atoms with E-state index in [9.17, 15) is 4.79 Å². The van der Waals surface area contributed by atoms with Crippen LogP contribution in [0.15, 0.2) is 54.6 Å². The average molecular weight is 336 g/mol. The third-order valence-electron chi connectivity index (χ3n) is 4.88. The smallest absolute Gasteiger partial charge is 0.220 e. The average Bonchev–Trinajstić information content (AvgIpc) is 2.68. The van der Waals surface area contributed by atoms with Gasteiger partial charge >= 0.3 is 0 Å². The third-order valence-corrected chi connectivity index (χ3v) is 4.88. The number of anilines is 1. The molecule has 0 aromatic heterocycles. The molecule has 0 spiro atoms. The summed E-state index contributed by atoms with van der Waals surface area (Å²) in [6, 6.07) is 19.0. The lowest BCUT2D eigenvalue weighted by Gasteiger charge is -2.28. The van der Waals surface area contributed by atoms with Gasteiger partial charge in [-0.05, 0) is 55.4 Å². The Labute approximate surface area is 151 Å². The molecule has 3 rings (SSSR count). The first-order chi connectivity index (χ1) is 12.3. The molecule has 1 heterocycles. The van der Waals surface area contributed by atoms with E-state index in [1.165, 1.54) is 49.2 Å². The molecule has 2 aromatic rings. The van der Waals surface area contributed by atoms with Gasteiger partial charge in [-0.3, -0.25) is 4.79 Å². The highest BCUT2D eigenvalue weighted by Gasteiger charge is 2.10. The lowest BCUT2D eigenvalue weighted by atomic mass is 10.1. The maximum atomic E-state index is 11.9. The van der Waals surface area contributed by atoms with Crippen molar-refractivity contribution < 1.29 is 4.79 Å². The molecule has 1 fully saturated rings. The van der Waals surface area contributed by atoms with Crippen molar-refractivity contribution >= 4 is 11.6 Å². The molecule has 1 amide bonds. The highest BCUT2D eigenvalue weighted by atomic mass is 16.1. The van der Waals surface area contributed by atoms with Crippen LogP contribution in [0, 0.1) is 0 Å². The number of nitrogens with zero attached hydrogens (tertiary/aromatic N) is 1. The van der Waals surface area contributed by atoms with Crippen LogP contribution < -0.4 is 10.2 Å². The predicted molar refractivity (Wildman–Crippen MR) is 104 cm³/mol. The number of nitrogens with one attached hydrogen (secondary N) is 1. The second kappa shape index (κ2) is 9.26. The SMILES string of the molecule is O=C(CCc1ccccc1)NCCc1ccc(N2CCCCC2)cc1. The van der Waals surface area contributed by atoms with E-state index in [1.807, 2.05) is 18.2 Å².